The second-order valence-electron chi connectivity index (χ2n) is 11.1. The molecule has 1 amide bonds. The van der Waals surface area contributed by atoms with Crippen molar-refractivity contribution in [1.29, 1.82) is 0 Å². The minimum atomic E-state index is -2.38. The molecule has 1 aromatic rings. The van der Waals surface area contributed by atoms with Gasteiger partial charge in [0.2, 0.25) is 0 Å². The van der Waals surface area contributed by atoms with Crippen molar-refractivity contribution in [1.82, 2.24) is 0 Å². The highest BCUT2D eigenvalue weighted by Gasteiger charge is 2.58. The summed E-state index contributed by atoms with van der Waals surface area (Å²) in [5.74, 6) is -2.39. The van der Waals surface area contributed by atoms with Gasteiger partial charge in [0.1, 0.15) is 6.10 Å². The molecule has 1 aromatic carbocycles. The lowest BCUT2D eigenvalue weighted by Crippen LogP contribution is -2.61. The topological polar surface area (TPSA) is 81.7 Å². The van der Waals surface area contributed by atoms with Gasteiger partial charge in [0, 0.05) is 18.2 Å². The average molecular weight is 518 g/mol. The van der Waals surface area contributed by atoms with Gasteiger partial charge in [-0.2, -0.15) is 0 Å². The van der Waals surface area contributed by atoms with Crippen LogP contribution in [0.1, 0.15) is 118 Å². The molecule has 0 aliphatic rings. The third kappa shape index (κ3) is 11.0. The van der Waals surface area contributed by atoms with E-state index in [1.54, 1.807) is 45.0 Å². The lowest BCUT2D eigenvalue weighted by atomic mass is 9.79. The van der Waals surface area contributed by atoms with E-state index in [0.717, 1.165) is 25.7 Å². The molecule has 0 fully saturated rings. The molecule has 1 N–H and O–H groups in total. The van der Waals surface area contributed by atoms with Crippen LogP contribution in [0.15, 0.2) is 30.3 Å². The molecule has 0 saturated carbocycles. The molecule has 0 radical (unpaired) electrons. The average Bonchev–Trinajstić information content (AvgIpc) is 2.86. The number of Topliss-reactive ketones (excluding diaryl/α,β-unsaturated/α-hetero) is 1. The van der Waals surface area contributed by atoms with Gasteiger partial charge in [0.15, 0.2) is 5.78 Å². The number of para-hydroxylation sites is 1. The zero-order chi connectivity index (χ0) is 27.7. The number of anilines is 1. The number of ketones is 1. The summed E-state index contributed by atoms with van der Waals surface area (Å²) in [5.41, 5.74) is -2.91. The Bertz CT molecular complexity index is 802. The van der Waals surface area contributed by atoms with E-state index < -0.39 is 28.7 Å². The molecule has 1 rings (SSSR count). The lowest BCUT2D eigenvalue weighted by molar-refractivity contribution is -0.184. The number of rotatable bonds is 19. The molecule has 37 heavy (non-hydrogen) atoms. The molecule has 0 aromatic heterocycles. The second kappa shape index (κ2) is 17.3. The van der Waals surface area contributed by atoms with Gasteiger partial charge in [-0.05, 0) is 31.4 Å². The van der Waals surface area contributed by atoms with Crippen LogP contribution in [0.3, 0.4) is 0 Å². The van der Waals surface area contributed by atoms with E-state index in [9.17, 15) is 14.4 Å². The van der Waals surface area contributed by atoms with E-state index in [4.69, 9.17) is 9.47 Å². The number of unbranched alkanes of at least 4 members (excludes halogenated alkanes) is 9. The predicted octanol–water partition coefficient (Wildman–Crippen LogP) is 7.65. The summed E-state index contributed by atoms with van der Waals surface area (Å²) in [4.78, 5) is 40.6. The van der Waals surface area contributed by atoms with Crippen molar-refractivity contribution in [3.63, 3.8) is 0 Å². The van der Waals surface area contributed by atoms with Gasteiger partial charge in [-0.15, -0.1) is 0 Å². The quantitative estimate of drug-likeness (QED) is 0.116. The number of ether oxygens (including phenoxy) is 2. The minimum Gasteiger partial charge on any atom is -0.459 e. The van der Waals surface area contributed by atoms with Crippen LogP contribution in [0, 0.1) is 5.41 Å². The molecule has 210 valence electrons. The Morgan fingerprint density at radius 3 is 1.81 bits per heavy atom. The van der Waals surface area contributed by atoms with Crippen molar-refractivity contribution >= 4 is 23.3 Å². The van der Waals surface area contributed by atoms with E-state index in [0.29, 0.717) is 18.5 Å². The normalized spacial score (nSPS) is 14.0. The van der Waals surface area contributed by atoms with Crippen molar-refractivity contribution < 1.29 is 23.9 Å². The Hall–Kier alpha value is -2.21. The molecule has 0 heterocycles. The first-order valence-corrected chi connectivity index (χ1v) is 14.3. The monoisotopic (exact) mass is 517 g/mol. The molecule has 6 nitrogen and oxygen atoms in total. The fraction of sp³-hybridized carbons (Fsp3) is 0.710. The predicted molar refractivity (Wildman–Crippen MR) is 151 cm³/mol. The summed E-state index contributed by atoms with van der Waals surface area (Å²) >= 11 is 0. The first-order chi connectivity index (χ1) is 17.6. The maximum Gasteiger partial charge on any atom is 0.356 e. The molecular formula is C31H51NO5. The van der Waals surface area contributed by atoms with Gasteiger partial charge >= 0.3 is 11.6 Å². The smallest absolute Gasteiger partial charge is 0.356 e. The fourth-order valence-corrected chi connectivity index (χ4v) is 4.44. The van der Waals surface area contributed by atoms with Crippen LogP contribution in [0.2, 0.25) is 0 Å². The van der Waals surface area contributed by atoms with E-state index in [1.165, 1.54) is 52.1 Å². The van der Waals surface area contributed by atoms with Gasteiger partial charge in [0.25, 0.3) is 5.91 Å². The number of carbonyl (C=O) groups is 3. The highest BCUT2D eigenvalue weighted by Crippen LogP contribution is 2.30. The number of hydrogen-bond acceptors (Lipinski definition) is 5. The van der Waals surface area contributed by atoms with E-state index >= 15 is 0 Å². The van der Waals surface area contributed by atoms with Crippen LogP contribution in [0.5, 0.6) is 0 Å². The Morgan fingerprint density at radius 1 is 0.784 bits per heavy atom. The first kappa shape index (κ1) is 32.8. The van der Waals surface area contributed by atoms with Crippen molar-refractivity contribution in [2.45, 2.75) is 130 Å². The van der Waals surface area contributed by atoms with Crippen molar-refractivity contribution in [2.24, 2.45) is 5.41 Å². The van der Waals surface area contributed by atoms with E-state index in [1.807, 2.05) is 6.07 Å². The van der Waals surface area contributed by atoms with Crippen LogP contribution in [-0.2, 0) is 23.9 Å². The molecule has 0 spiro atoms. The Labute approximate surface area is 225 Å². The molecule has 0 bridgehead atoms. The van der Waals surface area contributed by atoms with Crippen molar-refractivity contribution in [3.05, 3.63) is 30.3 Å². The molecule has 2 atom stereocenters. The number of benzene rings is 1. The number of methoxy groups -OCH3 is 1. The molecule has 2 unspecified atom stereocenters. The number of esters is 1. The number of hydrogen-bond donors (Lipinski definition) is 1. The van der Waals surface area contributed by atoms with Gasteiger partial charge in [-0.1, -0.05) is 117 Å². The summed E-state index contributed by atoms with van der Waals surface area (Å²) < 4.78 is 11.4. The maximum absolute atomic E-state index is 13.6. The van der Waals surface area contributed by atoms with Crippen molar-refractivity contribution in [3.8, 4) is 0 Å². The lowest BCUT2D eigenvalue weighted by Gasteiger charge is -2.34. The Kier molecular flexibility index (Phi) is 15.4. The Balaban J connectivity index is 2.93. The van der Waals surface area contributed by atoms with Gasteiger partial charge in [-0.3, -0.25) is 9.59 Å². The third-order valence-electron chi connectivity index (χ3n) is 6.73. The summed E-state index contributed by atoms with van der Waals surface area (Å²) in [6.07, 6.45) is 13.8. The molecule has 0 aliphatic heterocycles. The van der Waals surface area contributed by atoms with Crippen LogP contribution in [-0.4, -0.2) is 36.5 Å². The standard InChI is InChI=1S/C31H51NO5/c1-7-9-11-12-13-14-15-16-20-24-26(23-10-8-2)37-29(35)31(36-6,27(33)30(3,4)5)28(34)32-25-21-18-17-19-22-25/h17-19,21-22,26H,7-16,20,23-24H2,1-6H3,(H,32,34). The zero-order valence-corrected chi connectivity index (χ0v) is 24.2. The number of carbonyl (C=O) groups excluding carboxylic acids is 3. The highest BCUT2D eigenvalue weighted by molar-refractivity contribution is 6.29. The SMILES string of the molecule is CCCCCCCCCCCC(CCCC)OC(=O)C(OC)(C(=O)Nc1ccccc1)C(=O)C(C)(C)C. The molecule has 0 aliphatic carbocycles. The van der Waals surface area contributed by atoms with Gasteiger partial charge in [-0.25, -0.2) is 4.79 Å². The maximum atomic E-state index is 13.6. The zero-order valence-electron chi connectivity index (χ0n) is 24.2. The third-order valence-corrected chi connectivity index (χ3v) is 6.73. The summed E-state index contributed by atoms with van der Waals surface area (Å²) in [5, 5.41) is 2.68. The van der Waals surface area contributed by atoms with Gasteiger partial charge < -0.3 is 14.8 Å². The van der Waals surface area contributed by atoms with Crippen LogP contribution in [0.25, 0.3) is 0 Å². The van der Waals surface area contributed by atoms with Crippen LogP contribution >= 0.6 is 0 Å². The Morgan fingerprint density at radius 2 is 1.30 bits per heavy atom. The van der Waals surface area contributed by atoms with E-state index in [2.05, 4.69) is 19.2 Å². The van der Waals surface area contributed by atoms with Crippen LogP contribution in [0.4, 0.5) is 5.69 Å². The molecular weight excluding hydrogens is 466 g/mol. The summed E-state index contributed by atoms with van der Waals surface area (Å²) in [6.45, 7) is 9.33. The molecule has 6 heteroatoms. The summed E-state index contributed by atoms with van der Waals surface area (Å²) in [6, 6.07) is 8.73. The number of amides is 1. The summed E-state index contributed by atoms with van der Waals surface area (Å²) in [7, 11) is 1.22. The van der Waals surface area contributed by atoms with Crippen molar-refractivity contribution in [2.75, 3.05) is 12.4 Å². The minimum absolute atomic E-state index is 0.358. The highest BCUT2D eigenvalue weighted by atomic mass is 16.6. The van der Waals surface area contributed by atoms with Gasteiger partial charge in [0.05, 0.1) is 0 Å². The van der Waals surface area contributed by atoms with E-state index in [-0.39, 0.29) is 6.10 Å². The second-order valence-corrected chi connectivity index (χ2v) is 11.1. The number of nitrogens with one attached hydrogen (secondary N) is 1. The van der Waals surface area contributed by atoms with Crippen LogP contribution < -0.4 is 5.32 Å². The molecule has 0 saturated heterocycles. The first-order valence-electron chi connectivity index (χ1n) is 14.3. The largest absolute Gasteiger partial charge is 0.459 e. The fourth-order valence-electron chi connectivity index (χ4n) is 4.44.